The topological polar surface area (TPSA) is 274 Å². The first-order valence-corrected chi connectivity index (χ1v) is 22.5. The highest BCUT2D eigenvalue weighted by Gasteiger charge is 2.55. The smallest absolute Gasteiger partial charge is 0.306 e. The van der Waals surface area contributed by atoms with Gasteiger partial charge in [-0.15, -0.1) is 0 Å². The third kappa shape index (κ3) is 16.3. The first kappa shape index (κ1) is 55.8. The summed E-state index contributed by atoms with van der Waals surface area (Å²) < 4.78 is 70.6. The summed E-state index contributed by atoms with van der Waals surface area (Å²) in [5.74, 6) is -4.31. The van der Waals surface area contributed by atoms with E-state index in [1.54, 1.807) is 41.5 Å². The van der Waals surface area contributed by atoms with Crippen LogP contribution in [0.15, 0.2) is 0 Å². The summed E-state index contributed by atoms with van der Waals surface area (Å²) in [5, 5.41) is 35.0. The Hall–Kier alpha value is -3.54. The van der Waals surface area contributed by atoms with Crippen LogP contribution in [0.5, 0.6) is 0 Å². The van der Waals surface area contributed by atoms with Crippen LogP contribution in [0.3, 0.4) is 0 Å². The second kappa shape index (κ2) is 25.0. The molecule has 21 nitrogen and oxygen atoms in total. The Morgan fingerprint density at radius 1 is 0.415 bits per heavy atom. The number of hydrogen-bond donors (Lipinski definition) is 3. The third-order valence-corrected chi connectivity index (χ3v) is 10.3. The Kier molecular flexibility index (Phi) is 21.5. The van der Waals surface area contributed by atoms with Gasteiger partial charge >= 0.3 is 35.8 Å². The monoisotopic (exact) mass is 936 g/mol. The molecule has 3 N–H and O–H groups in total. The average Bonchev–Trinajstić information content (AvgIpc) is 3.24. The molecule has 21 heteroatoms. The highest BCUT2D eigenvalue weighted by Crippen LogP contribution is 2.36. The van der Waals surface area contributed by atoms with Gasteiger partial charge in [0, 0.05) is 38.5 Å². The van der Waals surface area contributed by atoms with Gasteiger partial charge in [-0.2, -0.15) is 0 Å². The largest absolute Gasteiger partial charge is 0.455 e. The Balaban J connectivity index is 2.02. The minimum Gasteiger partial charge on any atom is -0.455 e. The quantitative estimate of drug-likeness (QED) is 0.117. The minimum atomic E-state index is -1.86. The molecule has 65 heavy (non-hydrogen) atoms. The van der Waals surface area contributed by atoms with E-state index < -0.39 is 152 Å². The fourth-order valence-corrected chi connectivity index (χ4v) is 7.04. The van der Waals surface area contributed by atoms with E-state index >= 15 is 0 Å². The van der Waals surface area contributed by atoms with Crippen molar-refractivity contribution in [3.05, 3.63) is 0 Å². The van der Waals surface area contributed by atoms with Crippen molar-refractivity contribution in [3.63, 3.8) is 0 Å². The molecule has 3 aliphatic rings. The summed E-state index contributed by atoms with van der Waals surface area (Å²) in [4.78, 5) is 76.1. The van der Waals surface area contributed by atoms with Gasteiger partial charge in [0.05, 0.1) is 18.8 Å². The molecule has 0 bridgehead atoms. The fraction of sp³-hybridized carbons (Fsp3) is 0.864. The molecular weight excluding hydrogens is 864 g/mol. The number of aliphatic hydroxyl groups excluding tert-OH is 3. The van der Waals surface area contributed by atoms with E-state index in [1.165, 1.54) is 20.8 Å². The summed E-state index contributed by atoms with van der Waals surface area (Å²) in [5.41, 5.74) is -1.35. The molecule has 3 fully saturated rings. The fourth-order valence-electron chi connectivity index (χ4n) is 7.04. The molecule has 0 spiro atoms. The first-order valence-electron chi connectivity index (χ1n) is 22.5. The van der Waals surface area contributed by atoms with E-state index in [9.17, 15) is 44.1 Å². The molecule has 0 saturated carbocycles. The van der Waals surface area contributed by atoms with Crippen LogP contribution in [0.1, 0.15) is 128 Å². The number of carbonyl (C=O) groups is 6. The van der Waals surface area contributed by atoms with E-state index in [1.807, 2.05) is 20.8 Å². The molecule has 3 aliphatic heterocycles. The molecule has 0 radical (unpaired) electrons. The average molecular weight is 937 g/mol. The van der Waals surface area contributed by atoms with Crippen LogP contribution in [0, 0.1) is 5.41 Å². The highest BCUT2D eigenvalue weighted by atomic mass is 16.8. The predicted octanol–water partition coefficient (Wildman–Crippen LogP) is 2.46. The maximum Gasteiger partial charge on any atom is 0.306 e. The lowest BCUT2D eigenvalue weighted by Crippen LogP contribution is -2.65. The molecular formula is C44H72O21. The normalized spacial score (nSPS) is 33.0. The van der Waals surface area contributed by atoms with E-state index in [2.05, 4.69) is 0 Å². The summed E-state index contributed by atoms with van der Waals surface area (Å²) >= 11 is 0. The van der Waals surface area contributed by atoms with Crippen molar-refractivity contribution < 1.29 is 101 Å². The predicted molar refractivity (Wildman–Crippen MR) is 222 cm³/mol. The Bertz CT molecular complexity index is 1570. The summed E-state index contributed by atoms with van der Waals surface area (Å²) in [6, 6.07) is 0. The van der Waals surface area contributed by atoms with Gasteiger partial charge in [0.1, 0.15) is 36.6 Å². The van der Waals surface area contributed by atoms with Crippen LogP contribution in [-0.2, 0) is 85.6 Å². The Labute approximate surface area is 380 Å². The molecule has 3 saturated heterocycles. The second-order valence-electron chi connectivity index (χ2n) is 18.1. The van der Waals surface area contributed by atoms with Gasteiger partial charge in [0.2, 0.25) is 0 Å². The molecule has 0 aromatic heterocycles. The van der Waals surface area contributed by atoms with Gasteiger partial charge in [0.15, 0.2) is 55.5 Å². The maximum atomic E-state index is 12.9. The second-order valence-corrected chi connectivity index (χ2v) is 18.1. The molecule has 3 rings (SSSR count). The molecule has 15 unspecified atom stereocenters. The zero-order chi connectivity index (χ0) is 49.0. The van der Waals surface area contributed by atoms with E-state index in [-0.39, 0.29) is 44.9 Å². The number of ether oxygens (including phenoxy) is 12. The van der Waals surface area contributed by atoms with Crippen molar-refractivity contribution in [1.29, 1.82) is 0 Å². The van der Waals surface area contributed by atoms with E-state index in [4.69, 9.17) is 56.8 Å². The van der Waals surface area contributed by atoms with Gasteiger partial charge in [-0.05, 0) is 32.6 Å². The minimum absolute atomic E-state index is 0.0160. The molecule has 0 aromatic rings. The molecule has 0 amide bonds. The molecule has 3 heterocycles. The number of esters is 6. The van der Waals surface area contributed by atoms with Crippen LogP contribution < -0.4 is 0 Å². The van der Waals surface area contributed by atoms with Crippen LogP contribution in [0.4, 0.5) is 0 Å². The van der Waals surface area contributed by atoms with Gasteiger partial charge in [0.25, 0.3) is 0 Å². The van der Waals surface area contributed by atoms with Crippen LogP contribution >= 0.6 is 0 Å². The van der Waals surface area contributed by atoms with Crippen molar-refractivity contribution in [2.24, 2.45) is 5.41 Å². The van der Waals surface area contributed by atoms with E-state index in [0.717, 1.165) is 0 Å². The zero-order valence-electron chi connectivity index (χ0n) is 39.7. The van der Waals surface area contributed by atoms with Crippen molar-refractivity contribution in [3.8, 4) is 0 Å². The Morgan fingerprint density at radius 3 is 1.09 bits per heavy atom. The first-order chi connectivity index (χ1) is 30.4. The number of aliphatic hydroxyl groups is 3. The molecule has 374 valence electrons. The molecule has 0 aromatic carbocycles. The van der Waals surface area contributed by atoms with Gasteiger partial charge < -0.3 is 72.2 Å². The van der Waals surface area contributed by atoms with Crippen LogP contribution in [0.2, 0.25) is 0 Å². The number of carbonyl (C=O) groups excluding carboxylic acids is 6. The third-order valence-electron chi connectivity index (χ3n) is 10.3. The lowest BCUT2D eigenvalue weighted by atomic mass is 9.84. The summed E-state index contributed by atoms with van der Waals surface area (Å²) in [6.07, 6.45) is -22.9. The highest BCUT2D eigenvalue weighted by molar-refractivity contribution is 5.72. The van der Waals surface area contributed by atoms with Crippen LogP contribution in [0.25, 0.3) is 0 Å². The SMILES string of the molecule is CCC(=O)OC1C(COC2OC(CC(C)(C)C)C(OC(=O)CC)C(OC(=O)CC)C2O)OC(OCC2OC(OC(C)(C)C)C(OC(=O)CC)C(OC(=O)CC)C2O)C(O)C1OC(=O)CC. The van der Waals surface area contributed by atoms with Crippen molar-refractivity contribution in [2.75, 3.05) is 13.2 Å². The molecule has 0 aliphatic carbocycles. The maximum absolute atomic E-state index is 12.9. The summed E-state index contributed by atoms with van der Waals surface area (Å²) in [6.45, 7) is 18.8. The van der Waals surface area contributed by atoms with E-state index in [0.29, 0.717) is 0 Å². The van der Waals surface area contributed by atoms with Gasteiger partial charge in [-0.3, -0.25) is 28.8 Å². The molecule has 15 atom stereocenters. The lowest BCUT2D eigenvalue weighted by molar-refractivity contribution is -0.349. The number of hydrogen-bond acceptors (Lipinski definition) is 21. The van der Waals surface area contributed by atoms with Crippen molar-refractivity contribution in [2.45, 2.75) is 226 Å². The van der Waals surface area contributed by atoms with Crippen molar-refractivity contribution in [1.82, 2.24) is 0 Å². The van der Waals surface area contributed by atoms with Gasteiger partial charge in [-0.25, -0.2) is 0 Å². The zero-order valence-corrected chi connectivity index (χ0v) is 39.7. The Morgan fingerprint density at radius 2 is 0.723 bits per heavy atom. The van der Waals surface area contributed by atoms with Crippen molar-refractivity contribution >= 4 is 35.8 Å². The number of rotatable bonds is 20. The lowest BCUT2D eigenvalue weighted by Gasteiger charge is -2.47. The van der Waals surface area contributed by atoms with Gasteiger partial charge in [-0.1, -0.05) is 62.3 Å². The van der Waals surface area contributed by atoms with Crippen LogP contribution in [-0.4, -0.2) is 162 Å². The summed E-state index contributed by atoms with van der Waals surface area (Å²) in [7, 11) is 0. The standard InChI is InChI=1S/C44H72O21/c1-13-25(45)59-34-22(19-43(7,8)9)56-40(32(52)37(34)62-28(48)16-4)55-21-24-35(60-26(46)14-2)38(63-29(49)17-5)33(53)41(58-24)54-20-23-31(51)36(61-27(47)15-3)39(64-30(50)18-6)42(57-23)65-44(10,11)12/h22-24,31-42,51-53H,13-21H2,1-12H3.